The molecule has 0 fully saturated rings. The van der Waals surface area contributed by atoms with E-state index in [4.69, 9.17) is 0 Å². The molecule has 0 spiro atoms. The average molecular weight is 205 g/mol. The van der Waals surface area contributed by atoms with Crippen molar-refractivity contribution < 1.29 is 4.79 Å². The number of Topliss-reactive ketones (excluding diaryl/α,β-unsaturated/α-hetero) is 1. The second-order valence-electron chi connectivity index (χ2n) is 4.28. The van der Waals surface area contributed by atoms with Crippen LogP contribution in [0.25, 0.3) is 0 Å². The number of hydrogen-bond acceptors (Lipinski definition) is 2. The molecule has 0 atom stereocenters. The molecule has 1 aliphatic carbocycles. The molecule has 0 saturated heterocycles. The molecule has 82 valence electrons. The average Bonchev–Trinajstić information content (AvgIpc) is 2.18. The summed E-state index contributed by atoms with van der Waals surface area (Å²) in [5.74, 6) is 0.312. The Hall–Kier alpha value is -1.15. The summed E-state index contributed by atoms with van der Waals surface area (Å²) in [7, 11) is 6.00. The third-order valence-corrected chi connectivity index (χ3v) is 2.17. The summed E-state index contributed by atoms with van der Waals surface area (Å²) in [5.41, 5.74) is 2.17. The Kier molecular flexibility index (Phi) is 4.50. The lowest BCUT2D eigenvalue weighted by atomic mass is 9.91. The maximum atomic E-state index is 11.3. The molecule has 2 nitrogen and oxygen atoms in total. The zero-order valence-electron chi connectivity index (χ0n) is 9.79. The largest absolute Gasteiger partial charge is 0.312 e. The third kappa shape index (κ3) is 3.84. The minimum Gasteiger partial charge on any atom is -0.312 e. The summed E-state index contributed by atoms with van der Waals surface area (Å²) in [6, 6.07) is 7.91. The van der Waals surface area contributed by atoms with Gasteiger partial charge in [-0.3, -0.25) is 4.79 Å². The second kappa shape index (κ2) is 5.66. The first-order valence-corrected chi connectivity index (χ1v) is 5.33. The van der Waals surface area contributed by atoms with Crippen LogP contribution in [0.4, 0.5) is 0 Å². The standard InChI is InChI=1S/C10H10O.C3H9N/c11-10-7-3-5-8-4-1-2-6-9(8)10;1-4(2)3/h1-2,4,6H,3,5,7H2;1-3H3. The van der Waals surface area contributed by atoms with E-state index in [2.05, 4.69) is 0 Å². The molecule has 0 N–H and O–H groups in total. The number of aryl methyl sites for hydroxylation is 1. The summed E-state index contributed by atoms with van der Waals surface area (Å²) in [6.07, 6.45) is 2.83. The highest BCUT2D eigenvalue weighted by molar-refractivity contribution is 5.98. The normalized spacial score (nSPS) is 14.3. The molecule has 0 saturated carbocycles. The molecule has 0 heterocycles. The fraction of sp³-hybridized carbons (Fsp3) is 0.462. The number of benzene rings is 1. The van der Waals surface area contributed by atoms with Gasteiger partial charge in [0.05, 0.1) is 0 Å². The quantitative estimate of drug-likeness (QED) is 0.648. The van der Waals surface area contributed by atoms with E-state index in [0.717, 1.165) is 24.8 Å². The van der Waals surface area contributed by atoms with E-state index >= 15 is 0 Å². The van der Waals surface area contributed by atoms with E-state index in [1.807, 2.05) is 50.3 Å². The van der Waals surface area contributed by atoms with Gasteiger partial charge in [-0.2, -0.15) is 0 Å². The lowest BCUT2D eigenvalue weighted by Gasteiger charge is -2.12. The van der Waals surface area contributed by atoms with Crippen LogP contribution >= 0.6 is 0 Å². The molecule has 1 aliphatic rings. The van der Waals surface area contributed by atoms with Crippen molar-refractivity contribution in [2.75, 3.05) is 21.1 Å². The van der Waals surface area contributed by atoms with Crippen molar-refractivity contribution in [3.8, 4) is 0 Å². The van der Waals surface area contributed by atoms with Crippen LogP contribution in [0, 0.1) is 0 Å². The number of carbonyl (C=O) groups is 1. The van der Waals surface area contributed by atoms with Gasteiger partial charge in [-0.05, 0) is 39.5 Å². The summed E-state index contributed by atoms with van der Waals surface area (Å²) >= 11 is 0. The first-order valence-electron chi connectivity index (χ1n) is 5.33. The monoisotopic (exact) mass is 205 g/mol. The number of carbonyl (C=O) groups excluding carboxylic acids is 1. The van der Waals surface area contributed by atoms with Gasteiger partial charge >= 0.3 is 0 Å². The molecule has 0 bridgehead atoms. The van der Waals surface area contributed by atoms with Crippen molar-refractivity contribution in [1.29, 1.82) is 0 Å². The minimum absolute atomic E-state index is 0.312. The highest BCUT2D eigenvalue weighted by Gasteiger charge is 2.14. The predicted molar refractivity (Wildman–Crippen MR) is 63.3 cm³/mol. The van der Waals surface area contributed by atoms with Gasteiger partial charge < -0.3 is 4.90 Å². The molecular formula is C13H19NO. The van der Waals surface area contributed by atoms with Crippen LogP contribution in [0.3, 0.4) is 0 Å². The van der Waals surface area contributed by atoms with Crippen LogP contribution in [0.1, 0.15) is 28.8 Å². The van der Waals surface area contributed by atoms with Crippen molar-refractivity contribution in [2.24, 2.45) is 0 Å². The predicted octanol–water partition coefficient (Wildman–Crippen LogP) is 2.38. The maximum Gasteiger partial charge on any atom is 0.163 e. The SMILES string of the molecule is CN(C)C.O=C1CCCc2ccccc21. The number of nitrogens with zero attached hydrogens (tertiary/aromatic N) is 1. The molecule has 1 aromatic rings. The Morgan fingerprint density at radius 1 is 1.07 bits per heavy atom. The van der Waals surface area contributed by atoms with Crippen molar-refractivity contribution in [1.82, 2.24) is 4.90 Å². The molecule has 2 rings (SSSR count). The van der Waals surface area contributed by atoms with Gasteiger partial charge in [0.2, 0.25) is 0 Å². The minimum atomic E-state index is 0.312. The van der Waals surface area contributed by atoms with Gasteiger partial charge in [0.15, 0.2) is 5.78 Å². The maximum absolute atomic E-state index is 11.3. The molecule has 2 heteroatoms. The number of rotatable bonds is 0. The van der Waals surface area contributed by atoms with Crippen LogP contribution in [-0.2, 0) is 6.42 Å². The molecule has 0 aromatic heterocycles. The van der Waals surface area contributed by atoms with E-state index in [9.17, 15) is 4.79 Å². The summed E-state index contributed by atoms with van der Waals surface area (Å²) in [4.78, 5) is 13.3. The van der Waals surface area contributed by atoms with Crippen LogP contribution in [0.5, 0.6) is 0 Å². The van der Waals surface area contributed by atoms with Gasteiger partial charge in [0, 0.05) is 12.0 Å². The van der Waals surface area contributed by atoms with Gasteiger partial charge in [0.25, 0.3) is 0 Å². The third-order valence-electron chi connectivity index (χ3n) is 2.17. The first kappa shape index (κ1) is 11.9. The van der Waals surface area contributed by atoms with Gasteiger partial charge in [0.1, 0.15) is 0 Å². The lowest BCUT2D eigenvalue weighted by molar-refractivity contribution is 0.0972. The summed E-state index contributed by atoms with van der Waals surface area (Å²) in [5, 5.41) is 0. The number of fused-ring (bicyclic) bond motifs is 1. The molecule has 0 amide bonds. The molecule has 1 aromatic carbocycles. The van der Waals surface area contributed by atoms with Crippen molar-refractivity contribution >= 4 is 5.78 Å². The fourth-order valence-corrected chi connectivity index (χ4v) is 1.58. The van der Waals surface area contributed by atoms with Crippen LogP contribution in [0.15, 0.2) is 24.3 Å². The Morgan fingerprint density at radius 3 is 2.27 bits per heavy atom. The summed E-state index contributed by atoms with van der Waals surface area (Å²) in [6.45, 7) is 0. The van der Waals surface area contributed by atoms with E-state index in [1.54, 1.807) is 0 Å². The Bertz CT molecular complexity index is 328. The van der Waals surface area contributed by atoms with Crippen LogP contribution < -0.4 is 0 Å². The molecule has 15 heavy (non-hydrogen) atoms. The smallest absolute Gasteiger partial charge is 0.163 e. The number of hydrogen-bond donors (Lipinski definition) is 0. The molecule has 0 unspecified atom stereocenters. The highest BCUT2D eigenvalue weighted by atomic mass is 16.1. The van der Waals surface area contributed by atoms with Crippen molar-refractivity contribution in [2.45, 2.75) is 19.3 Å². The molecule has 0 radical (unpaired) electrons. The fourth-order valence-electron chi connectivity index (χ4n) is 1.58. The summed E-state index contributed by atoms with van der Waals surface area (Å²) < 4.78 is 0. The Morgan fingerprint density at radius 2 is 1.67 bits per heavy atom. The van der Waals surface area contributed by atoms with Crippen LogP contribution in [0.2, 0.25) is 0 Å². The van der Waals surface area contributed by atoms with E-state index in [1.165, 1.54) is 5.56 Å². The van der Waals surface area contributed by atoms with Gasteiger partial charge in [-0.1, -0.05) is 24.3 Å². The zero-order chi connectivity index (χ0) is 11.3. The van der Waals surface area contributed by atoms with Crippen LogP contribution in [-0.4, -0.2) is 31.8 Å². The lowest BCUT2D eigenvalue weighted by Crippen LogP contribution is -2.09. The zero-order valence-corrected chi connectivity index (χ0v) is 9.79. The van der Waals surface area contributed by atoms with Crippen molar-refractivity contribution in [3.63, 3.8) is 0 Å². The Labute approximate surface area is 91.9 Å². The highest BCUT2D eigenvalue weighted by Crippen LogP contribution is 2.19. The molecular weight excluding hydrogens is 186 g/mol. The van der Waals surface area contributed by atoms with E-state index in [0.29, 0.717) is 5.78 Å². The van der Waals surface area contributed by atoms with Crippen molar-refractivity contribution in [3.05, 3.63) is 35.4 Å². The Balaban J connectivity index is 0.000000245. The molecule has 0 aliphatic heterocycles. The number of ketones is 1. The van der Waals surface area contributed by atoms with Gasteiger partial charge in [-0.15, -0.1) is 0 Å². The second-order valence-corrected chi connectivity index (χ2v) is 4.28. The first-order chi connectivity index (χ1) is 7.11. The van der Waals surface area contributed by atoms with Gasteiger partial charge in [-0.25, -0.2) is 0 Å². The van der Waals surface area contributed by atoms with E-state index in [-0.39, 0.29) is 0 Å². The van der Waals surface area contributed by atoms with E-state index < -0.39 is 0 Å². The topological polar surface area (TPSA) is 20.3 Å².